The molecule has 7 aromatic carbocycles. The lowest BCUT2D eigenvalue weighted by Crippen LogP contribution is -2.67. The van der Waals surface area contributed by atoms with Gasteiger partial charge in [0.15, 0.2) is 0 Å². The molecule has 7 heterocycles. The quantitative estimate of drug-likeness (QED) is 0.148. The summed E-state index contributed by atoms with van der Waals surface area (Å²) in [6.45, 7) is 2.93. The molecule has 3 nitrogen and oxygen atoms in total. The minimum Gasteiger partial charge on any atom is -0.311 e. The van der Waals surface area contributed by atoms with Crippen molar-refractivity contribution in [2.45, 2.75) is 197 Å². The fourth-order valence-corrected chi connectivity index (χ4v) is 20.6. The van der Waals surface area contributed by atoms with E-state index in [-0.39, 0.29) is 13.4 Å². The molecule has 0 saturated heterocycles. The molecule has 0 unspecified atom stereocenters. The Balaban J connectivity index is 0.995. The summed E-state index contributed by atoms with van der Waals surface area (Å²) in [4.78, 5) is 0. The molecule has 384 valence electrons. The Morgan fingerprint density at radius 2 is 0.564 bits per heavy atom. The topological polar surface area (TPSA) is 14.8 Å². The van der Waals surface area contributed by atoms with Crippen molar-refractivity contribution in [2.24, 2.45) is 0 Å². The predicted molar refractivity (Wildman–Crippen MR) is 331 cm³/mol. The van der Waals surface area contributed by atoms with Crippen LogP contribution < -0.4 is 32.8 Å². The van der Waals surface area contributed by atoms with Crippen LogP contribution in [0, 0.1) is 6.92 Å². The number of benzene rings is 7. The van der Waals surface area contributed by atoms with E-state index in [2.05, 4.69) is 106 Å². The highest BCUT2D eigenvalue weighted by molar-refractivity contribution is 7.04. The fourth-order valence-electron chi connectivity index (χ4n) is 20.6. The molecule has 5 heteroatoms. The molecule has 10 aromatic rings. The van der Waals surface area contributed by atoms with Crippen molar-refractivity contribution in [3.05, 3.63) is 124 Å². The molecule has 6 aliphatic carbocycles. The molecule has 0 amide bonds. The van der Waals surface area contributed by atoms with Gasteiger partial charge in [-0.15, -0.1) is 0 Å². The van der Waals surface area contributed by atoms with E-state index >= 15 is 0 Å². The van der Waals surface area contributed by atoms with Crippen LogP contribution in [0.1, 0.15) is 229 Å². The van der Waals surface area contributed by atoms with Crippen LogP contribution >= 0.6 is 0 Å². The van der Waals surface area contributed by atoms with Gasteiger partial charge >= 0.3 is 0 Å². The summed E-state index contributed by atoms with van der Waals surface area (Å²) in [5.74, 6) is 3.89. The van der Waals surface area contributed by atoms with Crippen molar-refractivity contribution in [1.29, 1.82) is 0 Å². The maximum atomic E-state index is 2.97. The molecule has 6 saturated carbocycles. The van der Waals surface area contributed by atoms with Gasteiger partial charge in [0.05, 0.1) is 11.0 Å². The van der Waals surface area contributed by atoms with E-state index in [1.54, 1.807) is 82.6 Å². The number of hydrogen-bond donors (Lipinski definition) is 0. The van der Waals surface area contributed by atoms with E-state index in [0.717, 1.165) is 0 Å². The highest BCUT2D eigenvalue weighted by Crippen LogP contribution is 2.50. The monoisotopic (exact) mass is 1010 g/mol. The summed E-state index contributed by atoms with van der Waals surface area (Å²) in [6.07, 6.45) is 32.2. The van der Waals surface area contributed by atoms with Crippen molar-refractivity contribution in [2.75, 3.05) is 0 Å². The van der Waals surface area contributed by atoms with Gasteiger partial charge in [0, 0.05) is 71.4 Å². The van der Waals surface area contributed by atoms with Crippen LogP contribution in [0.4, 0.5) is 0 Å². The Kier molecular flexibility index (Phi) is 8.84. The van der Waals surface area contributed by atoms with Crippen LogP contribution in [0.5, 0.6) is 0 Å². The first kappa shape index (κ1) is 43.9. The molecule has 78 heavy (non-hydrogen) atoms. The minimum atomic E-state index is 0.160. The van der Waals surface area contributed by atoms with Gasteiger partial charge in [0.25, 0.3) is 13.4 Å². The second-order valence-electron chi connectivity index (χ2n) is 27.8. The lowest BCUT2D eigenvalue weighted by atomic mass is 9.29. The summed E-state index contributed by atoms with van der Waals surface area (Å²) in [6, 6.07) is 38.2. The van der Waals surface area contributed by atoms with Crippen molar-refractivity contribution < 1.29 is 0 Å². The van der Waals surface area contributed by atoms with Gasteiger partial charge in [-0.3, -0.25) is 0 Å². The van der Waals surface area contributed by atoms with Crippen molar-refractivity contribution in [3.8, 4) is 17.1 Å². The van der Waals surface area contributed by atoms with Gasteiger partial charge in [-0.25, -0.2) is 0 Å². The van der Waals surface area contributed by atoms with E-state index < -0.39 is 0 Å². The summed E-state index contributed by atoms with van der Waals surface area (Å²) in [5, 5.41) is 9.15. The smallest absolute Gasteiger partial charge is 0.252 e. The molecule has 0 atom stereocenters. The SMILES string of the molecule is Cc1c2c3c4c5c1-n1c6ccc(C7CCCC7)cc6c6cc(C7CCCC7)cc(c61)B5c1cc(C5CCCC5)cc5c6cc(C7CCCC7)cc(c6n-4c15)B3c1cc(C3CCCC3)cc3c4cc(C5CCCC5)ccc4n-2c13. The zero-order valence-electron chi connectivity index (χ0n) is 46.0. The lowest BCUT2D eigenvalue weighted by Gasteiger charge is -2.42. The number of nitrogens with zero attached hydrogens (tertiary/aromatic N) is 3. The number of hydrogen-bond acceptors (Lipinski definition) is 0. The third-order valence-electron chi connectivity index (χ3n) is 24.1. The van der Waals surface area contributed by atoms with E-state index in [1.165, 1.54) is 226 Å². The van der Waals surface area contributed by atoms with E-state index in [1.807, 2.05) is 0 Å². The third kappa shape index (κ3) is 5.52. The summed E-state index contributed by atoms with van der Waals surface area (Å²) >= 11 is 0. The molecule has 0 spiro atoms. The zero-order valence-corrected chi connectivity index (χ0v) is 46.0. The Morgan fingerprint density at radius 1 is 0.295 bits per heavy atom. The van der Waals surface area contributed by atoms with Crippen molar-refractivity contribution in [3.63, 3.8) is 0 Å². The first-order valence-corrected chi connectivity index (χ1v) is 32.2. The molecule has 4 aliphatic heterocycles. The summed E-state index contributed by atoms with van der Waals surface area (Å²) in [5.41, 5.74) is 34.2. The molecule has 6 fully saturated rings. The van der Waals surface area contributed by atoms with Crippen molar-refractivity contribution in [1.82, 2.24) is 13.7 Å². The molecular weight excluding hydrogens is 940 g/mol. The van der Waals surface area contributed by atoms with Crippen molar-refractivity contribution >= 4 is 112 Å². The summed E-state index contributed by atoms with van der Waals surface area (Å²) < 4.78 is 8.76. The second kappa shape index (κ2) is 15.7. The standard InChI is InChI=1S/C73H71B2N3/c1-40-67-65-73-66-68(40)77-64-29-27-48(42-16-4-5-17-42)31-54(64)56-33-50(44-20-8-9-21-44)37-60(70(56)77)75(66)62-39-52(46-24-12-13-25-46)35-58-57-34-51(45-22-10-11-23-45)38-61(71(57)78(73)72(58)62)74(65)59-36-49(43-18-6-7-19-43)32-55-53-30-47(41-14-2-3-15-41)26-28-63(53)76(67)69(55)59/h26-39,41-46H,2-25H2,1H3. The minimum absolute atomic E-state index is 0.160. The maximum absolute atomic E-state index is 2.97. The Morgan fingerprint density at radius 3 is 0.885 bits per heavy atom. The van der Waals surface area contributed by atoms with Crippen LogP contribution in [-0.2, 0) is 0 Å². The first-order valence-electron chi connectivity index (χ1n) is 32.2. The van der Waals surface area contributed by atoms with Gasteiger partial charge in [-0.1, -0.05) is 113 Å². The fraction of sp³-hybridized carbons (Fsp3) is 0.425. The maximum Gasteiger partial charge on any atom is 0.252 e. The highest BCUT2D eigenvalue weighted by Gasteiger charge is 2.51. The normalized spacial score (nSPS) is 21.1. The molecule has 10 aliphatic rings. The van der Waals surface area contributed by atoms with Crippen LogP contribution in [-0.4, -0.2) is 27.1 Å². The van der Waals surface area contributed by atoms with Gasteiger partial charge in [-0.05, 0) is 240 Å². The lowest BCUT2D eigenvalue weighted by molar-refractivity contribution is 0.724. The van der Waals surface area contributed by atoms with E-state index in [4.69, 9.17) is 0 Å². The Bertz CT molecular complexity index is 4080. The summed E-state index contributed by atoms with van der Waals surface area (Å²) in [7, 11) is 0. The average Bonchev–Trinajstić information content (AvgIpc) is 2.35. The largest absolute Gasteiger partial charge is 0.311 e. The Labute approximate surface area is 460 Å². The molecule has 0 radical (unpaired) electrons. The van der Waals surface area contributed by atoms with Crippen LogP contribution in [0.3, 0.4) is 0 Å². The molecule has 0 bridgehead atoms. The van der Waals surface area contributed by atoms with Gasteiger partial charge in [0.2, 0.25) is 0 Å². The number of fused-ring (bicyclic) bond motifs is 13. The van der Waals surface area contributed by atoms with E-state index in [9.17, 15) is 0 Å². The number of aromatic nitrogens is 3. The molecular formula is C73H71B2N3. The third-order valence-corrected chi connectivity index (χ3v) is 24.1. The van der Waals surface area contributed by atoms with Gasteiger partial charge in [0.1, 0.15) is 0 Å². The second-order valence-corrected chi connectivity index (χ2v) is 27.8. The van der Waals surface area contributed by atoms with Crippen LogP contribution in [0.2, 0.25) is 0 Å². The predicted octanol–water partition coefficient (Wildman–Crippen LogP) is 15.5. The van der Waals surface area contributed by atoms with Gasteiger partial charge < -0.3 is 13.7 Å². The molecule has 3 aromatic heterocycles. The average molecular weight is 1010 g/mol. The molecule has 20 rings (SSSR count). The van der Waals surface area contributed by atoms with Crippen LogP contribution in [0.15, 0.2) is 84.9 Å². The van der Waals surface area contributed by atoms with Crippen LogP contribution in [0.25, 0.3) is 82.5 Å². The van der Waals surface area contributed by atoms with Gasteiger partial charge in [-0.2, -0.15) is 0 Å². The highest BCUT2D eigenvalue weighted by atomic mass is 15.1. The number of rotatable bonds is 6. The van der Waals surface area contributed by atoms with E-state index in [0.29, 0.717) is 35.5 Å². The Hall–Kier alpha value is -5.93. The molecule has 0 N–H and O–H groups in total. The first-order chi connectivity index (χ1) is 38.6. The zero-order chi connectivity index (χ0) is 50.4.